The topological polar surface area (TPSA) is 52.3 Å². The summed E-state index contributed by atoms with van der Waals surface area (Å²) in [5, 5.41) is 0.496. The Morgan fingerprint density at radius 2 is 2.00 bits per heavy atom. The maximum absolute atomic E-state index is 12.3. The van der Waals surface area contributed by atoms with E-state index in [0.717, 1.165) is 0 Å². The van der Waals surface area contributed by atoms with Crippen molar-refractivity contribution in [2.45, 2.75) is 26.8 Å². The van der Waals surface area contributed by atoms with Gasteiger partial charge in [-0.1, -0.05) is 32.4 Å². The van der Waals surface area contributed by atoms with E-state index in [1.165, 1.54) is 7.11 Å². The number of carbonyl (C=O) groups is 1. The lowest BCUT2D eigenvalue weighted by molar-refractivity contribution is 0.0898. The Labute approximate surface area is 107 Å². The number of halogens is 1. The number of hydrogen-bond donors (Lipinski definition) is 1. The van der Waals surface area contributed by atoms with Crippen LogP contribution in [-0.2, 0) is 0 Å². The molecule has 0 saturated carbocycles. The maximum atomic E-state index is 12.3. The van der Waals surface area contributed by atoms with Gasteiger partial charge in [-0.05, 0) is 23.6 Å². The highest BCUT2D eigenvalue weighted by molar-refractivity contribution is 6.31. The van der Waals surface area contributed by atoms with Gasteiger partial charge < -0.3 is 10.5 Å². The second kappa shape index (κ2) is 5.07. The number of ketones is 1. The predicted molar refractivity (Wildman–Crippen MR) is 69.8 cm³/mol. The van der Waals surface area contributed by atoms with Crippen LogP contribution in [0.25, 0.3) is 0 Å². The van der Waals surface area contributed by atoms with Crippen molar-refractivity contribution in [2.24, 2.45) is 11.1 Å². The molecule has 0 spiro atoms. The smallest absolute Gasteiger partial charge is 0.183 e. The van der Waals surface area contributed by atoms with E-state index in [4.69, 9.17) is 22.1 Å². The molecule has 1 aromatic carbocycles. The van der Waals surface area contributed by atoms with Crippen molar-refractivity contribution >= 4 is 17.4 Å². The second-order valence-electron chi connectivity index (χ2n) is 5.05. The summed E-state index contributed by atoms with van der Waals surface area (Å²) in [5.74, 6) is 0.343. The summed E-state index contributed by atoms with van der Waals surface area (Å²) in [4.78, 5) is 12.3. The summed E-state index contributed by atoms with van der Waals surface area (Å²) in [6.45, 7) is 5.77. The average Bonchev–Trinajstić information content (AvgIpc) is 2.25. The van der Waals surface area contributed by atoms with Crippen molar-refractivity contribution in [1.82, 2.24) is 0 Å². The van der Waals surface area contributed by atoms with Gasteiger partial charge in [0.25, 0.3) is 0 Å². The zero-order valence-electron chi connectivity index (χ0n) is 10.6. The van der Waals surface area contributed by atoms with Crippen LogP contribution in [0.15, 0.2) is 18.2 Å². The zero-order valence-corrected chi connectivity index (χ0v) is 11.3. The van der Waals surface area contributed by atoms with Gasteiger partial charge in [-0.3, -0.25) is 4.79 Å². The van der Waals surface area contributed by atoms with Crippen molar-refractivity contribution < 1.29 is 9.53 Å². The molecule has 1 atom stereocenters. The summed E-state index contributed by atoms with van der Waals surface area (Å²) in [6, 6.07) is 4.36. The first kappa shape index (κ1) is 14.0. The normalized spacial score (nSPS) is 13.3. The number of benzene rings is 1. The van der Waals surface area contributed by atoms with E-state index in [1.807, 2.05) is 20.8 Å². The molecule has 4 heteroatoms. The van der Waals surface area contributed by atoms with E-state index in [2.05, 4.69) is 0 Å². The summed E-state index contributed by atoms with van der Waals surface area (Å²) >= 11 is 5.89. The fraction of sp³-hybridized carbons (Fsp3) is 0.462. The Morgan fingerprint density at radius 1 is 1.41 bits per heavy atom. The molecule has 1 rings (SSSR count). The number of hydrogen-bond acceptors (Lipinski definition) is 3. The minimum atomic E-state index is -0.588. The second-order valence-corrected chi connectivity index (χ2v) is 5.49. The first-order valence-corrected chi connectivity index (χ1v) is 5.78. The summed E-state index contributed by atoms with van der Waals surface area (Å²) < 4.78 is 5.15. The highest BCUT2D eigenvalue weighted by Crippen LogP contribution is 2.27. The van der Waals surface area contributed by atoms with E-state index >= 15 is 0 Å². The van der Waals surface area contributed by atoms with Gasteiger partial charge in [-0.15, -0.1) is 0 Å². The first-order chi connectivity index (χ1) is 7.77. The Balaban J connectivity index is 3.16. The van der Waals surface area contributed by atoms with E-state index in [1.54, 1.807) is 18.2 Å². The standard InChI is InChI=1S/C13H18ClNO2/c1-13(2,3)12(15)11(16)9-7-8(14)5-6-10(9)17-4/h5-7,12H,15H2,1-4H3. The molecule has 0 bridgehead atoms. The van der Waals surface area contributed by atoms with Crippen LogP contribution in [0.2, 0.25) is 5.02 Å². The summed E-state index contributed by atoms with van der Waals surface area (Å²) in [7, 11) is 1.52. The van der Waals surface area contributed by atoms with Crippen LogP contribution < -0.4 is 10.5 Å². The minimum Gasteiger partial charge on any atom is -0.496 e. The monoisotopic (exact) mass is 255 g/mol. The molecule has 2 N–H and O–H groups in total. The van der Waals surface area contributed by atoms with Gasteiger partial charge in [0.2, 0.25) is 0 Å². The molecule has 0 aliphatic rings. The molecule has 1 unspecified atom stereocenters. The van der Waals surface area contributed by atoms with Crippen LogP contribution in [0.1, 0.15) is 31.1 Å². The molecule has 0 heterocycles. The maximum Gasteiger partial charge on any atom is 0.183 e. The fourth-order valence-corrected chi connectivity index (χ4v) is 1.61. The molecule has 3 nitrogen and oxygen atoms in total. The van der Waals surface area contributed by atoms with Gasteiger partial charge in [0, 0.05) is 5.02 Å². The highest BCUT2D eigenvalue weighted by atomic mass is 35.5. The van der Waals surface area contributed by atoms with E-state index in [0.29, 0.717) is 16.3 Å². The fourth-order valence-electron chi connectivity index (χ4n) is 1.43. The molecule has 0 aliphatic heterocycles. The number of carbonyl (C=O) groups excluding carboxylic acids is 1. The van der Waals surface area contributed by atoms with Gasteiger partial charge in [0.05, 0.1) is 18.7 Å². The molecule has 0 radical (unpaired) electrons. The Bertz CT molecular complexity index is 424. The molecule has 0 aliphatic carbocycles. The van der Waals surface area contributed by atoms with Crippen LogP contribution in [-0.4, -0.2) is 18.9 Å². The van der Waals surface area contributed by atoms with E-state index < -0.39 is 6.04 Å². The van der Waals surface area contributed by atoms with Crippen LogP contribution in [0.3, 0.4) is 0 Å². The molecule has 0 amide bonds. The van der Waals surface area contributed by atoms with Gasteiger partial charge >= 0.3 is 0 Å². The van der Waals surface area contributed by atoms with E-state index in [-0.39, 0.29) is 11.2 Å². The lowest BCUT2D eigenvalue weighted by atomic mass is 9.83. The SMILES string of the molecule is COc1ccc(Cl)cc1C(=O)C(N)C(C)(C)C. The predicted octanol–water partition coefficient (Wildman–Crippen LogP) is 2.90. The molecular weight excluding hydrogens is 238 g/mol. The molecule has 0 fully saturated rings. The van der Waals surface area contributed by atoms with Crippen molar-refractivity contribution in [3.05, 3.63) is 28.8 Å². The minimum absolute atomic E-state index is 0.156. The quantitative estimate of drug-likeness (QED) is 0.845. The van der Waals surface area contributed by atoms with Crippen LogP contribution in [0.4, 0.5) is 0 Å². The zero-order chi connectivity index (χ0) is 13.2. The first-order valence-electron chi connectivity index (χ1n) is 5.40. The number of nitrogens with two attached hydrogens (primary N) is 1. The molecular formula is C13H18ClNO2. The molecule has 94 valence electrons. The number of ether oxygens (including phenoxy) is 1. The summed E-state index contributed by atoms with van der Waals surface area (Å²) in [5.41, 5.74) is 6.08. The largest absolute Gasteiger partial charge is 0.496 e. The van der Waals surface area contributed by atoms with Crippen molar-refractivity contribution in [3.63, 3.8) is 0 Å². The number of rotatable bonds is 3. The van der Waals surface area contributed by atoms with Gasteiger partial charge in [-0.2, -0.15) is 0 Å². The summed E-state index contributed by atoms with van der Waals surface area (Å²) in [6.07, 6.45) is 0. The van der Waals surface area contributed by atoms with Crippen molar-refractivity contribution in [3.8, 4) is 5.75 Å². The van der Waals surface area contributed by atoms with Gasteiger partial charge in [0.1, 0.15) is 5.75 Å². The van der Waals surface area contributed by atoms with E-state index in [9.17, 15) is 4.79 Å². The average molecular weight is 256 g/mol. The van der Waals surface area contributed by atoms with Crippen molar-refractivity contribution in [2.75, 3.05) is 7.11 Å². The lowest BCUT2D eigenvalue weighted by Crippen LogP contribution is -2.42. The highest BCUT2D eigenvalue weighted by Gasteiger charge is 2.30. The number of methoxy groups -OCH3 is 1. The third-order valence-electron chi connectivity index (χ3n) is 2.64. The molecule has 17 heavy (non-hydrogen) atoms. The van der Waals surface area contributed by atoms with Crippen LogP contribution in [0.5, 0.6) is 5.75 Å². The molecule has 1 aromatic rings. The van der Waals surface area contributed by atoms with Gasteiger partial charge in [0.15, 0.2) is 5.78 Å². The van der Waals surface area contributed by atoms with Crippen LogP contribution >= 0.6 is 11.6 Å². The molecule has 0 aromatic heterocycles. The lowest BCUT2D eigenvalue weighted by Gasteiger charge is -2.26. The van der Waals surface area contributed by atoms with Gasteiger partial charge in [-0.25, -0.2) is 0 Å². The van der Waals surface area contributed by atoms with Crippen LogP contribution in [0, 0.1) is 5.41 Å². The Morgan fingerprint density at radius 3 is 2.47 bits per heavy atom. The number of Topliss-reactive ketones (excluding diaryl/α,β-unsaturated/α-hetero) is 1. The third-order valence-corrected chi connectivity index (χ3v) is 2.88. The third kappa shape index (κ3) is 3.20. The van der Waals surface area contributed by atoms with Crippen molar-refractivity contribution in [1.29, 1.82) is 0 Å². The molecule has 0 saturated heterocycles. The Hall–Kier alpha value is -1.06. The Kier molecular flexibility index (Phi) is 4.17.